The highest BCUT2D eigenvalue weighted by molar-refractivity contribution is 7.79. The summed E-state index contributed by atoms with van der Waals surface area (Å²) in [6.07, 6.45) is 2.46. The van der Waals surface area contributed by atoms with Crippen LogP contribution >= 0.6 is 7.92 Å². The van der Waals surface area contributed by atoms with Gasteiger partial charge in [0.25, 0.3) is 0 Å². The van der Waals surface area contributed by atoms with E-state index in [-0.39, 0.29) is 0 Å². The maximum absolute atomic E-state index is 6.15. The van der Waals surface area contributed by atoms with Gasteiger partial charge in [0, 0.05) is 12.6 Å². The lowest BCUT2D eigenvalue weighted by Crippen LogP contribution is -2.34. The van der Waals surface area contributed by atoms with Crippen LogP contribution in [0, 0.1) is 0 Å². The minimum atomic E-state index is -0.600. The van der Waals surface area contributed by atoms with Crippen LogP contribution in [-0.2, 0) is 17.9 Å². The molecule has 0 amide bonds. The topological polar surface area (TPSA) is 12.5 Å². The molecule has 1 fully saturated rings. The van der Waals surface area contributed by atoms with Crippen molar-refractivity contribution in [3.8, 4) is 0 Å². The highest BCUT2D eigenvalue weighted by Gasteiger charge is 2.27. The highest BCUT2D eigenvalue weighted by atomic mass is 31.1. The lowest BCUT2D eigenvalue weighted by atomic mass is 10.2. The first-order valence-corrected chi connectivity index (χ1v) is 13.6. The summed E-state index contributed by atoms with van der Waals surface area (Å²) >= 11 is 0. The van der Waals surface area contributed by atoms with Crippen molar-refractivity contribution < 1.29 is 4.74 Å². The first-order chi connectivity index (χ1) is 16.9. The standard InChI is InChI=1S/C31H32NOP/c1-4-13-26(14-5-1)24-33-25-28-16-12-22-32(28)23-27-15-10-11-21-31(27)34(29-17-6-2-7-18-29)30-19-8-3-9-20-30/h1-11,13-15,17-21,28H,12,16,22-25H2/t28-/m0/s1. The molecule has 0 N–H and O–H groups in total. The Kier molecular flexibility index (Phi) is 7.83. The molecule has 1 aliphatic heterocycles. The van der Waals surface area contributed by atoms with Crippen molar-refractivity contribution in [2.45, 2.75) is 32.0 Å². The largest absolute Gasteiger partial charge is 0.375 e. The monoisotopic (exact) mass is 465 g/mol. The van der Waals surface area contributed by atoms with Crippen molar-refractivity contribution in [1.82, 2.24) is 4.90 Å². The van der Waals surface area contributed by atoms with Gasteiger partial charge in [0.15, 0.2) is 0 Å². The van der Waals surface area contributed by atoms with E-state index < -0.39 is 7.92 Å². The fourth-order valence-corrected chi connectivity index (χ4v) is 7.30. The molecule has 1 heterocycles. The Morgan fingerprint density at radius 2 is 1.29 bits per heavy atom. The van der Waals surface area contributed by atoms with Crippen molar-refractivity contribution >= 4 is 23.8 Å². The molecule has 0 bridgehead atoms. The number of hydrogen-bond acceptors (Lipinski definition) is 2. The summed E-state index contributed by atoms with van der Waals surface area (Å²) in [5, 5.41) is 4.27. The van der Waals surface area contributed by atoms with Crippen LogP contribution in [0.4, 0.5) is 0 Å². The van der Waals surface area contributed by atoms with Gasteiger partial charge in [-0.2, -0.15) is 0 Å². The van der Waals surface area contributed by atoms with Crippen molar-refractivity contribution in [3.63, 3.8) is 0 Å². The molecular weight excluding hydrogens is 433 g/mol. The third-order valence-corrected chi connectivity index (χ3v) is 9.10. The van der Waals surface area contributed by atoms with Crippen molar-refractivity contribution in [3.05, 3.63) is 126 Å². The van der Waals surface area contributed by atoms with Gasteiger partial charge in [0.2, 0.25) is 0 Å². The molecule has 1 aliphatic rings. The second-order valence-electron chi connectivity index (χ2n) is 8.90. The molecule has 5 rings (SSSR count). The van der Waals surface area contributed by atoms with Gasteiger partial charge >= 0.3 is 0 Å². The Hall–Kier alpha value is -2.77. The molecule has 2 nitrogen and oxygen atoms in total. The molecule has 1 saturated heterocycles. The molecule has 0 radical (unpaired) electrons. The van der Waals surface area contributed by atoms with Crippen molar-refractivity contribution in [2.24, 2.45) is 0 Å². The van der Waals surface area contributed by atoms with E-state index in [4.69, 9.17) is 4.74 Å². The van der Waals surface area contributed by atoms with Gasteiger partial charge in [0.1, 0.15) is 0 Å². The maximum Gasteiger partial charge on any atom is 0.0717 e. The van der Waals surface area contributed by atoms with Gasteiger partial charge in [-0.1, -0.05) is 115 Å². The lowest BCUT2D eigenvalue weighted by Gasteiger charge is -2.28. The molecule has 0 aliphatic carbocycles. The fourth-order valence-electron chi connectivity index (χ4n) is 4.84. The Morgan fingerprint density at radius 1 is 0.706 bits per heavy atom. The second kappa shape index (κ2) is 11.6. The number of ether oxygens (including phenoxy) is 1. The van der Waals surface area contributed by atoms with Crippen LogP contribution in [0.1, 0.15) is 24.0 Å². The zero-order chi connectivity index (χ0) is 23.0. The van der Waals surface area contributed by atoms with E-state index in [1.807, 2.05) is 0 Å². The number of rotatable bonds is 9. The Morgan fingerprint density at radius 3 is 1.97 bits per heavy atom. The molecule has 0 unspecified atom stereocenters. The normalized spacial score (nSPS) is 16.2. The minimum Gasteiger partial charge on any atom is -0.375 e. The molecule has 0 saturated carbocycles. The smallest absolute Gasteiger partial charge is 0.0717 e. The van der Waals surface area contributed by atoms with E-state index in [0.29, 0.717) is 12.6 Å². The fraction of sp³-hybridized carbons (Fsp3) is 0.226. The number of hydrogen-bond donors (Lipinski definition) is 0. The Labute approximate surface area is 205 Å². The van der Waals surface area contributed by atoms with Crippen LogP contribution in [-0.4, -0.2) is 24.1 Å². The third-order valence-electron chi connectivity index (χ3n) is 6.56. The highest BCUT2D eigenvalue weighted by Crippen LogP contribution is 2.35. The number of nitrogens with zero attached hydrogens (tertiary/aromatic N) is 1. The molecule has 34 heavy (non-hydrogen) atoms. The average Bonchev–Trinajstić information content (AvgIpc) is 3.34. The van der Waals surface area contributed by atoms with Gasteiger partial charge in [0.05, 0.1) is 13.2 Å². The SMILES string of the molecule is c1ccc(COC[C@@H]2CCCN2Cc2ccccc2P(c2ccccc2)c2ccccc2)cc1. The number of benzene rings is 4. The van der Waals surface area contributed by atoms with E-state index >= 15 is 0 Å². The van der Waals surface area contributed by atoms with Gasteiger partial charge in [-0.3, -0.25) is 4.90 Å². The van der Waals surface area contributed by atoms with Crippen LogP contribution in [0.25, 0.3) is 0 Å². The van der Waals surface area contributed by atoms with Crippen LogP contribution in [0.2, 0.25) is 0 Å². The first-order valence-electron chi connectivity index (χ1n) is 12.2. The summed E-state index contributed by atoms with van der Waals surface area (Å²) in [6, 6.07) is 42.0. The summed E-state index contributed by atoms with van der Waals surface area (Å²) in [6.45, 7) is 3.61. The van der Waals surface area contributed by atoms with Crippen LogP contribution < -0.4 is 15.9 Å². The van der Waals surface area contributed by atoms with E-state index in [9.17, 15) is 0 Å². The second-order valence-corrected chi connectivity index (χ2v) is 11.1. The molecular formula is C31H32NOP. The van der Waals surface area contributed by atoms with E-state index in [1.54, 1.807) is 0 Å². The van der Waals surface area contributed by atoms with Gasteiger partial charge in [-0.25, -0.2) is 0 Å². The maximum atomic E-state index is 6.15. The van der Waals surface area contributed by atoms with Gasteiger partial charge in [-0.15, -0.1) is 0 Å². The summed E-state index contributed by atoms with van der Waals surface area (Å²) in [5.74, 6) is 0. The molecule has 172 valence electrons. The van der Waals surface area contributed by atoms with Crippen molar-refractivity contribution in [1.29, 1.82) is 0 Å². The molecule has 0 aromatic heterocycles. The summed E-state index contributed by atoms with van der Waals surface area (Å²) in [5.41, 5.74) is 2.69. The van der Waals surface area contributed by atoms with Crippen molar-refractivity contribution in [2.75, 3.05) is 13.2 Å². The zero-order valence-corrected chi connectivity index (χ0v) is 20.5. The molecule has 3 heteroatoms. The molecule has 4 aromatic carbocycles. The average molecular weight is 466 g/mol. The molecule has 1 atom stereocenters. The van der Waals surface area contributed by atoms with Gasteiger partial charge < -0.3 is 4.74 Å². The summed E-state index contributed by atoms with van der Waals surface area (Å²) < 4.78 is 6.15. The summed E-state index contributed by atoms with van der Waals surface area (Å²) in [4.78, 5) is 2.63. The predicted molar refractivity (Wildman–Crippen MR) is 145 cm³/mol. The summed E-state index contributed by atoms with van der Waals surface area (Å²) in [7, 11) is -0.600. The van der Waals surface area contributed by atoms with E-state index in [1.165, 1.54) is 39.9 Å². The van der Waals surface area contributed by atoms with E-state index in [2.05, 4.69) is 120 Å². The Balaban J connectivity index is 1.35. The molecule has 0 spiro atoms. The molecule has 4 aromatic rings. The number of likely N-dealkylation sites (tertiary alicyclic amines) is 1. The Bertz CT molecular complexity index is 1110. The third kappa shape index (κ3) is 5.65. The van der Waals surface area contributed by atoms with Crippen LogP contribution in [0.15, 0.2) is 115 Å². The van der Waals surface area contributed by atoms with E-state index in [0.717, 1.165) is 19.7 Å². The van der Waals surface area contributed by atoms with Gasteiger partial charge in [-0.05, 0) is 54.3 Å². The zero-order valence-electron chi connectivity index (χ0n) is 19.6. The predicted octanol–water partition coefficient (Wildman–Crippen LogP) is 5.63. The quantitative estimate of drug-likeness (QED) is 0.297. The first kappa shape index (κ1) is 23.0. The lowest BCUT2D eigenvalue weighted by molar-refractivity contribution is 0.0644. The van der Waals surface area contributed by atoms with Crippen LogP contribution in [0.5, 0.6) is 0 Å². The van der Waals surface area contributed by atoms with Crippen LogP contribution in [0.3, 0.4) is 0 Å². The minimum absolute atomic E-state index is 0.483.